The summed E-state index contributed by atoms with van der Waals surface area (Å²) in [5, 5.41) is 2.61. The van der Waals surface area contributed by atoms with Crippen molar-refractivity contribution in [3.05, 3.63) is 113 Å². The third kappa shape index (κ3) is 4.82. The number of nitrogens with one attached hydrogen (secondary N) is 1. The van der Waals surface area contributed by atoms with E-state index >= 15 is 0 Å². The maximum atomic E-state index is 13.6. The molecule has 6 nitrogen and oxygen atoms in total. The van der Waals surface area contributed by atoms with Crippen molar-refractivity contribution in [3.63, 3.8) is 0 Å². The molecule has 1 heterocycles. The van der Waals surface area contributed by atoms with Crippen molar-refractivity contribution in [2.45, 2.75) is 19.3 Å². The van der Waals surface area contributed by atoms with Crippen LogP contribution in [0.5, 0.6) is 5.75 Å². The Labute approximate surface area is 229 Å². The van der Waals surface area contributed by atoms with E-state index in [1.807, 2.05) is 67.6 Å². The van der Waals surface area contributed by atoms with Crippen molar-refractivity contribution in [1.29, 1.82) is 0 Å². The minimum atomic E-state index is -0.912. The number of fused-ring (bicyclic) bond motifs is 1. The molecule has 1 aliphatic heterocycles. The van der Waals surface area contributed by atoms with E-state index in [4.69, 9.17) is 14.2 Å². The normalized spacial score (nSPS) is 20.7. The quantitative estimate of drug-likeness (QED) is 0.292. The van der Waals surface area contributed by atoms with Crippen LogP contribution in [0, 0.1) is 5.92 Å². The molecule has 200 valence electrons. The van der Waals surface area contributed by atoms with Crippen molar-refractivity contribution in [2.75, 3.05) is 33.5 Å². The molecule has 0 aromatic heterocycles. The summed E-state index contributed by atoms with van der Waals surface area (Å²) in [7, 11) is 1.64. The third-order valence-electron chi connectivity index (χ3n) is 7.65. The molecule has 2 atom stereocenters. The van der Waals surface area contributed by atoms with E-state index in [-0.39, 0.29) is 11.8 Å². The van der Waals surface area contributed by atoms with E-state index < -0.39 is 11.3 Å². The lowest BCUT2D eigenvalue weighted by atomic mass is 9.57. The fourth-order valence-corrected chi connectivity index (χ4v) is 5.96. The number of ether oxygens (including phenoxy) is 3. The average molecular weight is 524 g/mol. The number of rotatable bonds is 10. The first-order valence-corrected chi connectivity index (χ1v) is 13.2. The maximum Gasteiger partial charge on any atom is 0.254 e. The molecular weight excluding hydrogens is 490 g/mol. The fraction of sp³-hybridized carbons (Fsp3) is 0.273. The smallest absolute Gasteiger partial charge is 0.254 e. The summed E-state index contributed by atoms with van der Waals surface area (Å²) in [6.07, 6.45) is 0. The molecule has 2 unspecified atom stereocenters. The van der Waals surface area contributed by atoms with Gasteiger partial charge < -0.3 is 14.2 Å². The van der Waals surface area contributed by atoms with Crippen molar-refractivity contribution < 1.29 is 23.8 Å². The number of para-hydroxylation sites is 1. The van der Waals surface area contributed by atoms with Gasteiger partial charge >= 0.3 is 0 Å². The zero-order valence-electron chi connectivity index (χ0n) is 22.5. The lowest BCUT2D eigenvalue weighted by molar-refractivity contribution is -0.126. The highest BCUT2D eigenvalue weighted by molar-refractivity contribution is 6.22. The predicted octanol–water partition coefficient (Wildman–Crippen LogP) is 5.20. The molecule has 6 heteroatoms. The zero-order valence-corrected chi connectivity index (χ0v) is 22.5. The molecule has 39 heavy (non-hydrogen) atoms. The van der Waals surface area contributed by atoms with Gasteiger partial charge in [0.05, 0.1) is 25.7 Å². The Bertz CT molecular complexity index is 1430. The van der Waals surface area contributed by atoms with Gasteiger partial charge in [0.25, 0.3) is 5.91 Å². The lowest BCUT2D eigenvalue weighted by Gasteiger charge is -2.43. The summed E-state index contributed by atoms with van der Waals surface area (Å²) in [6, 6.07) is 28.0. The zero-order chi connectivity index (χ0) is 27.4. The Morgan fingerprint density at radius 1 is 0.795 bits per heavy atom. The summed E-state index contributed by atoms with van der Waals surface area (Å²) in [5.41, 5.74) is 5.18. The first-order valence-electron chi connectivity index (χ1n) is 13.2. The molecule has 2 aliphatic rings. The highest BCUT2D eigenvalue weighted by atomic mass is 16.5. The summed E-state index contributed by atoms with van der Waals surface area (Å²) < 4.78 is 16.9. The molecule has 1 fully saturated rings. The van der Waals surface area contributed by atoms with Crippen molar-refractivity contribution >= 4 is 23.0 Å². The third-order valence-corrected chi connectivity index (χ3v) is 7.65. The predicted molar refractivity (Wildman–Crippen MR) is 151 cm³/mol. The van der Waals surface area contributed by atoms with Gasteiger partial charge in [0.2, 0.25) is 5.91 Å². The number of benzene rings is 3. The molecule has 3 aromatic carbocycles. The molecule has 0 saturated carbocycles. The number of hydrogen-bond donors (Lipinski definition) is 1. The maximum absolute atomic E-state index is 13.6. The molecule has 1 aliphatic carbocycles. The van der Waals surface area contributed by atoms with E-state index in [0.29, 0.717) is 37.8 Å². The molecule has 0 radical (unpaired) electrons. The van der Waals surface area contributed by atoms with E-state index in [0.717, 1.165) is 33.4 Å². The topological polar surface area (TPSA) is 73.9 Å². The van der Waals surface area contributed by atoms with Crippen molar-refractivity contribution in [2.24, 2.45) is 5.92 Å². The number of amides is 2. The van der Waals surface area contributed by atoms with Gasteiger partial charge in [-0.2, -0.15) is 0 Å². The largest absolute Gasteiger partial charge is 0.491 e. The first-order chi connectivity index (χ1) is 19.0. The number of allylic oxidation sites excluding steroid dienone is 3. The van der Waals surface area contributed by atoms with E-state index in [9.17, 15) is 9.59 Å². The van der Waals surface area contributed by atoms with Gasteiger partial charge in [-0.05, 0) is 40.8 Å². The molecule has 2 amide bonds. The SMILES string of the molecule is COCCOCCOc1ccccc1C1(C)C(c2ccccc2)=C(c2ccccc2)C(C)=C2C(=O)NC(=O)C21. The Balaban J connectivity index is 1.73. The van der Waals surface area contributed by atoms with Gasteiger partial charge in [0, 0.05) is 23.7 Å². The Hall–Kier alpha value is -4.00. The van der Waals surface area contributed by atoms with Crippen LogP contribution in [0.2, 0.25) is 0 Å². The molecule has 0 bridgehead atoms. The Morgan fingerprint density at radius 2 is 1.41 bits per heavy atom. The van der Waals surface area contributed by atoms with E-state index in [2.05, 4.69) is 36.5 Å². The van der Waals surface area contributed by atoms with Crippen LogP contribution in [0.3, 0.4) is 0 Å². The molecule has 1 saturated heterocycles. The van der Waals surface area contributed by atoms with Crippen LogP contribution >= 0.6 is 0 Å². The monoisotopic (exact) mass is 523 g/mol. The first kappa shape index (κ1) is 26.6. The van der Waals surface area contributed by atoms with E-state index in [1.54, 1.807) is 7.11 Å². The number of carbonyl (C=O) groups excluding carboxylic acids is 2. The highest BCUT2D eigenvalue weighted by Gasteiger charge is 2.56. The Kier molecular flexibility index (Phi) is 7.77. The van der Waals surface area contributed by atoms with Gasteiger partial charge in [-0.1, -0.05) is 85.8 Å². The van der Waals surface area contributed by atoms with Crippen LogP contribution in [-0.2, 0) is 24.5 Å². The van der Waals surface area contributed by atoms with Gasteiger partial charge in [-0.3, -0.25) is 14.9 Å². The van der Waals surface area contributed by atoms with Gasteiger partial charge in [0.1, 0.15) is 12.4 Å². The summed E-state index contributed by atoms with van der Waals surface area (Å²) >= 11 is 0. The van der Waals surface area contributed by atoms with Crippen LogP contribution in [0.15, 0.2) is 96.1 Å². The molecular formula is C33H33NO5. The van der Waals surface area contributed by atoms with Crippen molar-refractivity contribution in [3.8, 4) is 5.75 Å². The van der Waals surface area contributed by atoms with Crippen LogP contribution in [0.1, 0.15) is 30.5 Å². The summed E-state index contributed by atoms with van der Waals surface area (Å²) in [4.78, 5) is 26.9. The standard InChI is InChI=1S/C33H33NO5/c1-22-27(23-12-6-4-7-13-23)29(24-14-8-5-9-15-24)33(2,30-28(22)31(35)34-32(30)36)25-16-10-11-17-26(25)39-21-20-38-19-18-37-3/h4-17,30H,18-21H2,1-3H3,(H,34,35,36). The van der Waals surface area contributed by atoms with Gasteiger partial charge in [0.15, 0.2) is 0 Å². The second-order valence-corrected chi connectivity index (χ2v) is 9.92. The fourth-order valence-electron chi connectivity index (χ4n) is 5.96. The van der Waals surface area contributed by atoms with Crippen LogP contribution < -0.4 is 10.1 Å². The minimum Gasteiger partial charge on any atom is -0.491 e. The van der Waals surface area contributed by atoms with Gasteiger partial charge in [-0.25, -0.2) is 0 Å². The van der Waals surface area contributed by atoms with Gasteiger partial charge in [-0.15, -0.1) is 0 Å². The highest BCUT2D eigenvalue weighted by Crippen LogP contribution is 2.58. The number of methoxy groups -OCH3 is 1. The van der Waals surface area contributed by atoms with Crippen LogP contribution in [0.25, 0.3) is 11.1 Å². The molecule has 1 N–H and O–H groups in total. The average Bonchev–Trinajstić information content (AvgIpc) is 3.28. The molecule has 0 spiro atoms. The number of hydrogen-bond acceptors (Lipinski definition) is 5. The lowest BCUT2D eigenvalue weighted by Crippen LogP contribution is -2.41. The van der Waals surface area contributed by atoms with Crippen molar-refractivity contribution in [1.82, 2.24) is 5.32 Å². The molecule has 3 aromatic rings. The van der Waals surface area contributed by atoms with Crippen LogP contribution in [-0.4, -0.2) is 45.4 Å². The second kappa shape index (κ2) is 11.4. The number of carbonyl (C=O) groups is 2. The Morgan fingerprint density at radius 3 is 2.10 bits per heavy atom. The van der Waals surface area contributed by atoms with E-state index in [1.165, 1.54) is 0 Å². The number of imide groups is 1. The minimum absolute atomic E-state index is 0.296. The second-order valence-electron chi connectivity index (χ2n) is 9.92. The van der Waals surface area contributed by atoms with Crippen LogP contribution in [0.4, 0.5) is 0 Å². The summed E-state index contributed by atoms with van der Waals surface area (Å²) in [5.74, 6) is -0.688. The summed E-state index contributed by atoms with van der Waals surface area (Å²) in [6.45, 7) is 5.75. The molecule has 5 rings (SSSR count).